The number of nitrogens with zero attached hydrogens (tertiary/aromatic N) is 1. The molecule has 2 rings (SSSR count). The molecule has 2 aromatic carbocycles. The van der Waals surface area contributed by atoms with Gasteiger partial charge >= 0.3 is 0 Å². The van der Waals surface area contributed by atoms with Gasteiger partial charge in [0.05, 0.1) is 7.11 Å². The third-order valence-electron chi connectivity index (χ3n) is 3.54. The summed E-state index contributed by atoms with van der Waals surface area (Å²) in [6.45, 7) is 2.47. The highest BCUT2D eigenvalue weighted by molar-refractivity contribution is 5.93. The predicted molar refractivity (Wildman–Crippen MR) is 85.7 cm³/mol. The zero-order chi connectivity index (χ0) is 15.9. The van der Waals surface area contributed by atoms with Crippen LogP contribution in [0.5, 0.6) is 5.75 Å². The fourth-order valence-corrected chi connectivity index (χ4v) is 2.30. The van der Waals surface area contributed by atoms with Crippen LogP contribution in [0.1, 0.15) is 18.9 Å². The van der Waals surface area contributed by atoms with E-state index in [-0.39, 0.29) is 11.7 Å². The Morgan fingerprint density at radius 1 is 1.09 bits per heavy atom. The molecule has 0 atom stereocenters. The highest BCUT2D eigenvalue weighted by atomic mass is 19.1. The first-order valence-corrected chi connectivity index (χ1v) is 7.33. The van der Waals surface area contributed by atoms with Crippen molar-refractivity contribution >= 4 is 11.6 Å². The Bertz CT molecular complexity index is 608. The number of anilines is 1. The van der Waals surface area contributed by atoms with E-state index >= 15 is 0 Å². The number of hydrogen-bond donors (Lipinski definition) is 0. The van der Waals surface area contributed by atoms with Crippen LogP contribution in [-0.2, 0) is 11.2 Å². The zero-order valence-electron chi connectivity index (χ0n) is 12.9. The maximum atomic E-state index is 13.0. The second kappa shape index (κ2) is 7.59. The van der Waals surface area contributed by atoms with Crippen molar-refractivity contribution < 1.29 is 13.9 Å². The molecular formula is C18H20FNO2. The van der Waals surface area contributed by atoms with Crippen molar-refractivity contribution in [2.75, 3.05) is 18.6 Å². The molecule has 0 saturated heterocycles. The van der Waals surface area contributed by atoms with E-state index in [9.17, 15) is 9.18 Å². The summed E-state index contributed by atoms with van der Waals surface area (Å²) in [5.41, 5.74) is 1.81. The van der Waals surface area contributed by atoms with Crippen molar-refractivity contribution in [3.63, 3.8) is 0 Å². The van der Waals surface area contributed by atoms with Gasteiger partial charge in [0.2, 0.25) is 5.91 Å². The molecule has 0 aliphatic heterocycles. The largest absolute Gasteiger partial charge is 0.497 e. The van der Waals surface area contributed by atoms with E-state index in [0.717, 1.165) is 17.0 Å². The molecule has 4 heteroatoms. The smallest absolute Gasteiger partial charge is 0.227 e. The number of amides is 1. The van der Waals surface area contributed by atoms with Gasteiger partial charge in [-0.25, -0.2) is 4.39 Å². The number of aryl methyl sites for hydroxylation is 1. The van der Waals surface area contributed by atoms with Gasteiger partial charge in [-0.2, -0.15) is 0 Å². The van der Waals surface area contributed by atoms with Crippen molar-refractivity contribution in [3.05, 3.63) is 59.9 Å². The number of carbonyl (C=O) groups is 1. The van der Waals surface area contributed by atoms with Gasteiger partial charge in [-0.05, 0) is 55.3 Å². The minimum Gasteiger partial charge on any atom is -0.497 e. The first kappa shape index (κ1) is 16.0. The summed E-state index contributed by atoms with van der Waals surface area (Å²) < 4.78 is 18.1. The Kier molecular flexibility index (Phi) is 5.53. The molecule has 22 heavy (non-hydrogen) atoms. The molecule has 0 aromatic heterocycles. The summed E-state index contributed by atoms with van der Waals surface area (Å²) in [7, 11) is 1.63. The van der Waals surface area contributed by atoms with Crippen molar-refractivity contribution in [3.8, 4) is 5.75 Å². The highest BCUT2D eigenvalue weighted by Crippen LogP contribution is 2.17. The van der Waals surface area contributed by atoms with Gasteiger partial charge in [0, 0.05) is 18.7 Å². The van der Waals surface area contributed by atoms with E-state index in [1.807, 2.05) is 31.2 Å². The number of hydrogen-bond acceptors (Lipinski definition) is 2. The SMILES string of the molecule is CCN(C(=O)CCc1ccc(OC)cc1)c1ccc(F)cc1. The summed E-state index contributed by atoms with van der Waals surface area (Å²) in [6, 6.07) is 13.7. The van der Waals surface area contributed by atoms with Crippen molar-refractivity contribution in [1.82, 2.24) is 0 Å². The molecule has 0 heterocycles. The maximum Gasteiger partial charge on any atom is 0.227 e. The first-order valence-electron chi connectivity index (χ1n) is 7.33. The molecule has 0 N–H and O–H groups in total. The van der Waals surface area contributed by atoms with Gasteiger partial charge < -0.3 is 9.64 Å². The molecule has 0 saturated carbocycles. The first-order chi connectivity index (χ1) is 10.6. The standard InChI is InChI=1S/C18H20FNO2/c1-3-20(16-9-7-15(19)8-10-16)18(21)13-6-14-4-11-17(22-2)12-5-14/h4-5,7-12H,3,6,13H2,1-2H3. The molecule has 1 amide bonds. The Labute approximate surface area is 130 Å². The lowest BCUT2D eigenvalue weighted by Gasteiger charge is -2.21. The maximum absolute atomic E-state index is 13.0. The van der Waals surface area contributed by atoms with Gasteiger partial charge in [-0.15, -0.1) is 0 Å². The lowest BCUT2D eigenvalue weighted by Crippen LogP contribution is -2.30. The van der Waals surface area contributed by atoms with Crippen LogP contribution in [0, 0.1) is 5.82 Å². The summed E-state index contributed by atoms with van der Waals surface area (Å²) in [4.78, 5) is 14.0. The summed E-state index contributed by atoms with van der Waals surface area (Å²) in [5.74, 6) is 0.534. The average Bonchev–Trinajstić information content (AvgIpc) is 2.56. The van der Waals surface area contributed by atoms with E-state index < -0.39 is 0 Å². The molecule has 3 nitrogen and oxygen atoms in total. The van der Waals surface area contributed by atoms with Crippen LogP contribution in [0.25, 0.3) is 0 Å². The fourth-order valence-electron chi connectivity index (χ4n) is 2.30. The molecular weight excluding hydrogens is 281 g/mol. The van der Waals surface area contributed by atoms with Crippen LogP contribution in [0.2, 0.25) is 0 Å². The molecule has 0 bridgehead atoms. The number of halogens is 1. The zero-order valence-corrected chi connectivity index (χ0v) is 12.9. The second-order valence-corrected chi connectivity index (χ2v) is 4.96. The molecule has 116 valence electrons. The quantitative estimate of drug-likeness (QED) is 0.811. The van der Waals surface area contributed by atoms with E-state index in [0.29, 0.717) is 19.4 Å². The van der Waals surface area contributed by atoms with E-state index in [1.54, 1.807) is 24.1 Å². The Hall–Kier alpha value is -2.36. The molecule has 0 aliphatic rings. The highest BCUT2D eigenvalue weighted by Gasteiger charge is 2.13. The Morgan fingerprint density at radius 3 is 2.27 bits per heavy atom. The van der Waals surface area contributed by atoms with Crippen LogP contribution >= 0.6 is 0 Å². The topological polar surface area (TPSA) is 29.5 Å². The van der Waals surface area contributed by atoms with Crippen molar-refractivity contribution in [2.24, 2.45) is 0 Å². The van der Waals surface area contributed by atoms with Gasteiger partial charge in [-0.1, -0.05) is 12.1 Å². The third kappa shape index (κ3) is 4.07. The molecule has 0 unspecified atom stereocenters. The van der Waals surface area contributed by atoms with Gasteiger partial charge in [0.25, 0.3) is 0 Å². The van der Waals surface area contributed by atoms with E-state index in [4.69, 9.17) is 4.74 Å². The predicted octanol–water partition coefficient (Wildman–Crippen LogP) is 3.82. The Balaban J connectivity index is 1.98. The molecule has 2 aromatic rings. The van der Waals surface area contributed by atoms with Crippen molar-refractivity contribution in [1.29, 1.82) is 0 Å². The average molecular weight is 301 g/mol. The number of methoxy groups -OCH3 is 1. The number of rotatable bonds is 6. The number of carbonyl (C=O) groups excluding carboxylic acids is 1. The van der Waals surface area contributed by atoms with E-state index in [2.05, 4.69) is 0 Å². The summed E-state index contributed by atoms with van der Waals surface area (Å²) in [6.07, 6.45) is 1.08. The molecule has 0 radical (unpaired) electrons. The fraction of sp³-hybridized carbons (Fsp3) is 0.278. The van der Waals surface area contributed by atoms with Crippen LogP contribution in [0.15, 0.2) is 48.5 Å². The lowest BCUT2D eigenvalue weighted by atomic mass is 10.1. The Morgan fingerprint density at radius 2 is 1.73 bits per heavy atom. The number of benzene rings is 2. The van der Waals surface area contributed by atoms with Crippen LogP contribution in [-0.4, -0.2) is 19.6 Å². The molecule has 0 fully saturated rings. The second-order valence-electron chi connectivity index (χ2n) is 4.96. The number of ether oxygens (including phenoxy) is 1. The minimum absolute atomic E-state index is 0.0323. The summed E-state index contributed by atoms with van der Waals surface area (Å²) >= 11 is 0. The minimum atomic E-state index is -0.300. The van der Waals surface area contributed by atoms with Crippen molar-refractivity contribution in [2.45, 2.75) is 19.8 Å². The third-order valence-corrected chi connectivity index (χ3v) is 3.54. The summed E-state index contributed by atoms with van der Waals surface area (Å²) in [5, 5.41) is 0. The molecule has 0 aliphatic carbocycles. The van der Waals surface area contributed by atoms with Gasteiger partial charge in [0.15, 0.2) is 0 Å². The van der Waals surface area contributed by atoms with E-state index in [1.165, 1.54) is 12.1 Å². The van der Waals surface area contributed by atoms with Crippen LogP contribution in [0.3, 0.4) is 0 Å². The van der Waals surface area contributed by atoms with Gasteiger partial charge in [0.1, 0.15) is 11.6 Å². The van der Waals surface area contributed by atoms with Crippen LogP contribution < -0.4 is 9.64 Å². The monoisotopic (exact) mass is 301 g/mol. The van der Waals surface area contributed by atoms with Gasteiger partial charge in [-0.3, -0.25) is 4.79 Å². The lowest BCUT2D eigenvalue weighted by molar-refractivity contribution is -0.118. The normalized spacial score (nSPS) is 10.3. The van der Waals surface area contributed by atoms with Crippen LogP contribution in [0.4, 0.5) is 10.1 Å². The molecule has 0 spiro atoms.